The van der Waals surface area contributed by atoms with Gasteiger partial charge in [-0.15, -0.1) is 23.2 Å². The molecule has 0 aliphatic rings. The standard InChI is InChI=1S/C4H7Cl2N3/c5-1-3(7)9-4(8)2-6/h1-2H2,(H3,7,8,9). The summed E-state index contributed by atoms with van der Waals surface area (Å²) in [6, 6.07) is 0. The first kappa shape index (κ1) is 8.72. The molecule has 0 unspecified atom stereocenters. The zero-order chi connectivity index (χ0) is 7.28. The Balaban J connectivity index is 3.79. The van der Waals surface area contributed by atoms with Crippen LogP contribution in [0.3, 0.4) is 0 Å². The number of alkyl halides is 2. The highest BCUT2D eigenvalue weighted by molar-refractivity contribution is 6.31. The third kappa shape index (κ3) is 4.24. The van der Waals surface area contributed by atoms with E-state index < -0.39 is 0 Å². The van der Waals surface area contributed by atoms with Crippen LogP contribution in [0.1, 0.15) is 0 Å². The zero-order valence-electron chi connectivity index (χ0n) is 4.69. The fraction of sp³-hybridized carbons (Fsp3) is 0.500. The molecule has 0 aromatic heterocycles. The second kappa shape index (κ2) is 4.58. The summed E-state index contributed by atoms with van der Waals surface area (Å²) in [6.45, 7) is 0. The summed E-state index contributed by atoms with van der Waals surface area (Å²) >= 11 is 10.5. The molecule has 0 amide bonds. The van der Waals surface area contributed by atoms with E-state index in [9.17, 15) is 0 Å². The lowest BCUT2D eigenvalue weighted by atomic mass is 10.6. The van der Waals surface area contributed by atoms with Crippen LogP contribution in [0, 0.1) is 5.41 Å². The largest absolute Gasteiger partial charge is 0.386 e. The van der Waals surface area contributed by atoms with E-state index in [0.717, 1.165) is 0 Å². The monoisotopic (exact) mass is 167 g/mol. The van der Waals surface area contributed by atoms with E-state index in [1.54, 1.807) is 0 Å². The second-order valence-electron chi connectivity index (χ2n) is 1.32. The Hall–Kier alpha value is -0.280. The smallest absolute Gasteiger partial charge is 0.137 e. The molecular formula is C4H7Cl2N3. The normalized spacial score (nSPS) is 11.6. The fourth-order valence-electron chi connectivity index (χ4n) is 0.233. The molecule has 0 aromatic carbocycles. The Morgan fingerprint density at radius 3 is 2.33 bits per heavy atom. The number of halogens is 2. The van der Waals surface area contributed by atoms with E-state index in [2.05, 4.69) is 4.99 Å². The van der Waals surface area contributed by atoms with Crippen LogP contribution in [0.2, 0.25) is 0 Å². The van der Waals surface area contributed by atoms with Gasteiger partial charge in [0.05, 0.1) is 11.8 Å². The average molecular weight is 168 g/mol. The van der Waals surface area contributed by atoms with Crippen molar-refractivity contribution in [3.05, 3.63) is 0 Å². The van der Waals surface area contributed by atoms with Crippen LogP contribution in [0.15, 0.2) is 4.99 Å². The molecule has 9 heavy (non-hydrogen) atoms. The minimum Gasteiger partial charge on any atom is -0.386 e. The van der Waals surface area contributed by atoms with Crippen molar-refractivity contribution in [2.75, 3.05) is 11.8 Å². The summed E-state index contributed by atoms with van der Waals surface area (Å²) in [7, 11) is 0. The van der Waals surface area contributed by atoms with E-state index in [0.29, 0.717) is 0 Å². The van der Waals surface area contributed by atoms with E-state index in [-0.39, 0.29) is 23.4 Å². The van der Waals surface area contributed by atoms with E-state index >= 15 is 0 Å². The van der Waals surface area contributed by atoms with Crippen molar-refractivity contribution in [1.82, 2.24) is 0 Å². The first-order valence-corrected chi connectivity index (χ1v) is 3.30. The van der Waals surface area contributed by atoms with Crippen molar-refractivity contribution >= 4 is 34.9 Å². The van der Waals surface area contributed by atoms with Crippen molar-refractivity contribution in [3.63, 3.8) is 0 Å². The van der Waals surface area contributed by atoms with Gasteiger partial charge in [0.25, 0.3) is 0 Å². The molecule has 0 aliphatic heterocycles. The van der Waals surface area contributed by atoms with Gasteiger partial charge < -0.3 is 5.73 Å². The van der Waals surface area contributed by atoms with Crippen LogP contribution in [0.5, 0.6) is 0 Å². The number of rotatable bonds is 2. The topological polar surface area (TPSA) is 62.2 Å². The molecule has 0 fully saturated rings. The number of amidine groups is 2. The molecule has 0 spiro atoms. The van der Waals surface area contributed by atoms with Gasteiger partial charge in [0, 0.05) is 0 Å². The van der Waals surface area contributed by atoms with Crippen LogP contribution in [-0.2, 0) is 0 Å². The van der Waals surface area contributed by atoms with E-state index in [4.69, 9.17) is 34.3 Å². The Bertz CT molecular complexity index is 132. The molecule has 3 N–H and O–H groups in total. The molecule has 0 bridgehead atoms. The third-order valence-corrected chi connectivity index (χ3v) is 1.07. The molecule has 0 aliphatic carbocycles. The Morgan fingerprint density at radius 1 is 1.44 bits per heavy atom. The Morgan fingerprint density at radius 2 is 2.00 bits per heavy atom. The number of hydrogen-bond donors (Lipinski definition) is 2. The quantitative estimate of drug-likeness (QED) is 0.357. The van der Waals surface area contributed by atoms with Gasteiger partial charge in [0.1, 0.15) is 11.7 Å². The minimum absolute atomic E-state index is 0.0369. The molecule has 0 aromatic rings. The number of hydrogen-bond acceptors (Lipinski definition) is 1. The van der Waals surface area contributed by atoms with Gasteiger partial charge >= 0.3 is 0 Å². The molecule has 5 heteroatoms. The van der Waals surface area contributed by atoms with Crippen molar-refractivity contribution in [3.8, 4) is 0 Å². The van der Waals surface area contributed by atoms with Crippen LogP contribution >= 0.6 is 23.2 Å². The number of nitrogens with two attached hydrogens (primary N) is 1. The Kier molecular flexibility index (Phi) is 4.44. The predicted octanol–water partition coefficient (Wildman–Crippen LogP) is 0.798. The summed E-state index contributed by atoms with van der Waals surface area (Å²) in [5.74, 6) is 0.466. The third-order valence-electron chi connectivity index (χ3n) is 0.542. The highest BCUT2D eigenvalue weighted by Crippen LogP contribution is 1.83. The molecule has 3 nitrogen and oxygen atoms in total. The van der Waals surface area contributed by atoms with Crippen molar-refractivity contribution in [2.45, 2.75) is 0 Å². The minimum atomic E-state index is 0.0369. The lowest BCUT2D eigenvalue weighted by molar-refractivity contribution is 1.39. The highest BCUT2D eigenvalue weighted by atomic mass is 35.5. The fourth-order valence-corrected chi connectivity index (χ4v) is 0.353. The molecule has 0 radical (unpaired) electrons. The van der Waals surface area contributed by atoms with Gasteiger partial charge in [-0.05, 0) is 0 Å². The highest BCUT2D eigenvalue weighted by Gasteiger charge is 1.91. The van der Waals surface area contributed by atoms with Crippen LogP contribution in [0.25, 0.3) is 0 Å². The molecule has 0 saturated carbocycles. The maximum Gasteiger partial charge on any atom is 0.137 e. The van der Waals surface area contributed by atoms with Gasteiger partial charge in [0.2, 0.25) is 0 Å². The number of aliphatic imine (C=N–C) groups is 1. The van der Waals surface area contributed by atoms with Crippen molar-refractivity contribution in [1.29, 1.82) is 5.41 Å². The summed E-state index contributed by atoms with van der Waals surface area (Å²) in [5.41, 5.74) is 5.17. The summed E-state index contributed by atoms with van der Waals surface area (Å²) in [4.78, 5) is 3.53. The maximum absolute atomic E-state index is 6.91. The van der Waals surface area contributed by atoms with E-state index in [1.807, 2.05) is 0 Å². The average Bonchev–Trinajstić information content (AvgIpc) is 1.87. The Labute approximate surface area is 63.4 Å². The van der Waals surface area contributed by atoms with E-state index in [1.165, 1.54) is 0 Å². The molecule has 52 valence electrons. The van der Waals surface area contributed by atoms with Crippen molar-refractivity contribution < 1.29 is 0 Å². The van der Waals surface area contributed by atoms with Crippen LogP contribution < -0.4 is 5.73 Å². The molecule has 0 atom stereocenters. The molecule has 0 heterocycles. The SMILES string of the molecule is N=C(CCl)N=C(N)CCl. The molecular weight excluding hydrogens is 161 g/mol. The predicted molar refractivity (Wildman–Crippen MR) is 40.8 cm³/mol. The number of nitrogens with one attached hydrogen (secondary N) is 1. The van der Waals surface area contributed by atoms with Crippen molar-refractivity contribution in [2.24, 2.45) is 10.7 Å². The van der Waals surface area contributed by atoms with Gasteiger partial charge in [-0.1, -0.05) is 0 Å². The molecule has 0 saturated heterocycles. The van der Waals surface area contributed by atoms with Gasteiger partial charge in [0.15, 0.2) is 0 Å². The summed E-state index contributed by atoms with van der Waals surface area (Å²) in [5, 5.41) is 6.91. The zero-order valence-corrected chi connectivity index (χ0v) is 6.21. The van der Waals surface area contributed by atoms with Crippen LogP contribution in [0.4, 0.5) is 0 Å². The van der Waals surface area contributed by atoms with Gasteiger partial charge in [-0.3, -0.25) is 5.41 Å². The summed E-state index contributed by atoms with van der Waals surface area (Å²) in [6.07, 6.45) is 0. The lowest BCUT2D eigenvalue weighted by Gasteiger charge is -1.91. The lowest BCUT2D eigenvalue weighted by Crippen LogP contribution is -2.15. The van der Waals surface area contributed by atoms with Crippen LogP contribution in [-0.4, -0.2) is 23.4 Å². The first-order valence-electron chi connectivity index (χ1n) is 2.23. The van der Waals surface area contributed by atoms with Gasteiger partial charge in [-0.2, -0.15) is 0 Å². The second-order valence-corrected chi connectivity index (χ2v) is 1.85. The maximum atomic E-state index is 6.91. The summed E-state index contributed by atoms with van der Waals surface area (Å²) < 4.78 is 0. The molecule has 0 rings (SSSR count). The van der Waals surface area contributed by atoms with Gasteiger partial charge in [-0.25, -0.2) is 4.99 Å². The number of nitrogens with zero attached hydrogens (tertiary/aromatic N) is 1. The first-order chi connectivity index (χ1) is 4.20.